The molecule has 5 rings (SSSR count). The van der Waals surface area contributed by atoms with E-state index in [9.17, 15) is 25.3 Å². The lowest BCUT2D eigenvalue weighted by molar-refractivity contribution is 0.276. The Morgan fingerprint density at radius 3 is 1.59 bits per heavy atom. The molecule has 3 aromatic carbocycles. The topological polar surface area (TPSA) is 121 Å². The minimum Gasteiger partial charge on any atom is -0.207 e. The molecule has 0 amide bonds. The van der Waals surface area contributed by atoms with Crippen molar-refractivity contribution in [2.24, 2.45) is 0 Å². The molecular weight excluding hydrogens is 643 g/mol. The maximum absolute atomic E-state index is 14.3. The van der Waals surface area contributed by atoms with Crippen LogP contribution >= 0.6 is 0 Å². The molecule has 0 bridgehead atoms. The van der Waals surface area contributed by atoms with Crippen molar-refractivity contribution in [3.05, 3.63) is 126 Å². The predicted molar refractivity (Wildman–Crippen MR) is 180 cm³/mol. The molecule has 0 saturated heterocycles. The van der Waals surface area contributed by atoms with E-state index in [1.807, 2.05) is 20.8 Å². The van der Waals surface area contributed by atoms with Gasteiger partial charge in [-0.15, -0.1) is 6.58 Å². The Balaban J connectivity index is 1.43. The van der Waals surface area contributed by atoms with E-state index in [1.165, 1.54) is 26.8 Å². The van der Waals surface area contributed by atoms with Crippen LogP contribution in [0.1, 0.15) is 29.5 Å². The second-order valence-corrected chi connectivity index (χ2v) is 17.3. The first kappa shape index (κ1) is 34.0. The summed E-state index contributed by atoms with van der Waals surface area (Å²) in [5.41, 5.74) is 2.76. The number of hydrogen-bond donors (Lipinski definition) is 1. The largest absolute Gasteiger partial charge is 0.244 e. The maximum Gasteiger partial charge on any atom is 0.244 e. The summed E-state index contributed by atoms with van der Waals surface area (Å²) in [6.07, 6.45) is 8.70. The van der Waals surface area contributed by atoms with Gasteiger partial charge in [0.05, 0.1) is 14.7 Å². The van der Waals surface area contributed by atoms with Crippen LogP contribution in [0.5, 0.6) is 0 Å². The molecule has 4 unspecified atom stereocenters. The predicted octanol–water partition coefficient (Wildman–Crippen LogP) is 4.85. The summed E-state index contributed by atoms with van der Waals surface area (Å²) in [5, 5.41) is 0. The molecule has 0 saturated carbocycles. The summed E-state index contributed by atoms with van der Waals surface area (Å²) in [5.74, 6) is 0. The molecule has 0 spiro atoms. The lowest BCUT2D eigenvalue weighted by Gasteiger charge is -2.34. The van der Waals surface area contributed by atoms with Gasteiger partial charge in [0.1, 0.15) is 0 Å². The number of aryl methyl sites for hydroxylation is 3. The molecule has 244 valence electrons. The highest BCUT2D eigenvalue weighted by Crippen LogP contribution is 2.34. The number of sulfonamides is 3. The third-order valence-corrected chi connectivity index (χ3v) is 13.7. The van der Waals surface area contributed by atoms with E-state index in [0.29, 0.717) is 0 Å². The van der Waals surface area contributed by atoms with E-state index in [2.05, 4.69) is 11.3 Å². The van der Waals surface area contributed by atoms with Gasteiger partial charge >= 0.3 is 0 Å². The molecule has 1 N–H and O–H groups in total. The van der Waals surface area contributed by atoms with Crippen molar-refractivity contribution in [2.75, 3.05) is 6.54 Å². The van der Waals surface area contributed by atoms with Crippen molar-refractivity contribution in [3.63, 3.8) is 0 Å². The Bertz CT molecular complexity index is 1950. The molecule has 46 heavy (non-hydrogen) atoms. The fraction of sp³-hybridized carbons (Fsp3) is 0.294. The van der Waals surface area contributed by atoms with Crippen LogP contribution in [-0.4, -0.2) is 64.6 Å². The Morgan fingerprint density at radius 2 is 1.07 bits per heavy atom. The summed E-state index contributed by atoms with van der Waals surface area (Å²) >= 11 is 0. The highest BCUT2D eigenvalue weighted by Gasteiger charge is 2.43. The van der Waals surface area contributed by atoms with E-state index in [4.69, 9.17) is 0 Å². The van der Waals surface area contributed by atoms with Crippen molar-refractivity contribution in [1.29, 1.82) is 0 Å². The maximum atomic E-state index is 14.3. The zero-order valence-electron chi connectivity index (χ0n) is 26.0. The van der Waals surface area contributed by atoms with Crippen LogP contribution in [0.15, 0.2) is 124 Å². The molecule has 9 nitrogen and oxygen atoms in total. The zero-order valence-corrected chi connectivity index (χ0v) is 28.5. The fourth-order valence-corrected chi connectivity index (χ4v) is 10.3. The first-order valence-electron chi connectivity index (χ1n) is 15.0. The SMILES string of the molecule is C=CCN(C1C=CC(N(C2C=CC(NS(=O)(=O)c3ccc(C)cc3)C2)S(=O)(=O)c2ccc(C)cc2)C1)S(=O)(=O)c1ccc(C)cc1. The summed E-state index contributed by atoms with van der Waals surface area (Å²) in [7, 11) is -11.9. The van der Waals surface area contributed by atoms with Crippen LogP contribution in [0.2, 0.25) is 0 Å². The lowest BCUT2D eigenvalue weighted by atomic mass is 10.1. The van der Waals surface area contributed by atoms with Crippen LogP contribution in [0.4, 0.5) is 0 Å². The fourth-order valence-electron chi connectivity index (χ4n) is 5.82. The zero-order chi connectivity index (χ0) is 33.3. The lowest BCUT2D eigenvalue weighted by Crippen LogP contribution is -2.47. The molecular formula is C34H39N3O6S3. The normalized spacial score (nSPS) is 21.8. The van der Waals surface area contributed by atoms with Gasteiger partial charge in [0.25, 0.3) is 0 Å². The van der Waals surface area contributed by atoms with Gasteiger partial charge in [0.2, 0.25) is 30.1 Å². The highest BCUT2D eigenvalue weighted by atomic mass is 32.2. The van der Waals surface area contributed by atoms with Gasteiger partial charge in [0.15, 0.2) is 0 Å². The number of nitrogens with zero attached hydrogens (tertiary/aromatic N) is 2. The molecule has 0 aliphatic heterocycles. The molecule has 12 heteroatoms. The molecule has 0 heterocycles. The van der Waals surface area contributed by atoms with E-state index in [0.717, 1.165) is 16.7 Å². The second kappa shape index (κ2) is 13.4. The first-order valence-corrected chi connectivity index (χ1v) is 19.3. The smallest absolute Gasteiger partial charge is 0.207 e. The summed E-state index contributed by atoms with van der Waals surface area (Å²) in [6, 6.07) is 17.0. The number of rotatable bonds is 12. The quantitative estimate of drug-likeness (QED) is 0.273. The number of nitrogens with one attached hydrogen (secondary N) is 1. The monoisotopic (exact) mass is 681 g/mol. The van der Waals surface area contributed by atoms with Gasteiger partial charge in [-0.05, 0) is 70.0 Å². The van der Waals surface area contributed by atoms with Crippen LogP contribution in [0.3, 0.4) is 0 Å². The molecule has 2 aliphatic carbocycles. The highest BCUT2D eigenvalue weighted by molar-refractivity contribution is 7.90. The molecule has 4 atom stereocenters. The van der Waals surface area contributed by atoms with Crippen LogP contribution < -0.4 is 4.72 Å². The van der Waals surface area contributed by atoms with E-state index in [-0.39, 0.29) is 34.1 Å². The summed E-state index contributed by atoms with van der Waals surface area (Å²) < 4.78 is 87.8. The second-order valence-electron chi connectivity index (χ2n) is 11.8. The third-order valence-electron chi connectivity index (χ3n) is 8.29. The van der Waals surface area contributed by atoms with E-state index >= 15 is 0 Å². The van der Waals surface area contributed by atoms with Gasteiger partial charge in [-0.25, -0.2) is 30.0 Å². The Kier molecular flexibility index (Phi) is 9.88. The number of benzene rings is 3. The Hall–Kier alpha value is -3.39. The van der Waals surface area contributed by atoms with Crippen LogP contribution in [0, 0.1) is 20.8 Å². The molecule has 2 aliphatic rings. The van der Waals surface area contributed by atoms with Crippen LogP contribution in [0.25, 0.3) is 0 Å². The van der Waals surface area contributed by atoms with Crippen molar-refractivity contribution in [1.82, 2.24) is 13.3 Å². The molecule has 0 fully saturated rings. The molecule has 0 radical (unpaired) electrons. The molecule has 3 aromatic rings. The van der Waals surface area contributed by atoms with Crippen molar-refractivity contribution >= 4 is 30.1 Å². The van der Waals surface area contributed by atoms with Crippen molar-refractivity contribution in [2.45, 2.75) is 72.5 Å². The van der Waals surface area contributed by atoms with E-state index < -0.39 is 54.2 Å². The third kappa shape index (κ3) is 7.12. The minimum atomic E-state index is -4.10. The van der Waals surface area contributed by atoms with Crippen molar-refractivity contribution in [3.8, 4) is 0 Å². The van der Waals surface area contributed by atoms with Gasteiger partial charge < -0.3 is 0 Å². The summed E-state index contributed by atoms with van der Waals surface area (Å²) in [6.45, 7) is 9.41. The van der Waals surface area contributed by atoms with Crippen LogP contribution in [-0.2, 0) is 30.1 Å². The van der Waals surface area contributed by atoms with Gasteiger partial charge in [-0.3, -0.25) is 0 Å². The van der Waals surface area contributed by atoms with Crippen molar-refractivity contribution < 1.29 is 25.3 Å². The Labute approximate surface area is 273 Å². The Morgan fingerprint density at radius 1 is 0.630 bits per heavy atom. The first-order chi connectivity index (χ1) is 21.7. The van der Waals surface area contributed by atoms with Gasteiger partial charge in [0, 0.05) is 30.7 Å². The standard InChI is InChI=1S/C34H39N3O6S3/c1-5-22-36(45(40,41)33-18-8-26(3)9-19-33)29-14-15-31(24-29)37(46(42,43)34-20-10-27(4)11-21-34)30-13-12-28(23-30)35-44(38,39)32-16-6-25(2)7-17-32/h5-21,28-31,35H,1,22-24H2,2-4H3. The van der Waals surface area contributed by atoms with Gasteiger partial charge in [-0.1, -0.05) is 83.5 Å². The average molecular weight is 682 g/mol. The number of hydrogen-bond acceptors (Lipinski definition) is 6. The molecule has 0 aromatic heterocycles. The van der Waals surface area contributed by atoms with Gasteiger partial charge in [-0.2, -0.15) is 8.61 Å². The van der Waals surface area contributed by atoms with E-state index in [1.54, 1.807) is 85.0 Å². The average Bonchev–Trinajstić information content (AvgIpc) is 3.66. The minimum absolute atomic E-state index is 0.0366. The summed E-state index contributed by atoms with van der Waals surface area (Å²) in [4.78, 5) is 0.364.